The van der Waals surface area contributed by atoms with E-state index >= 15 is 0 Å². The largest absolute Gasteiger partial charge is 0.502 e. The van der Waals surface area contributed by atoms with Crippen LogP contribution in [0.2, 0.25) is 23.2 Å². The van der Waals surface area contributed by atoms with Crippen molar-refractivity contribution in [1.29, 1.82) is 0 Å². The summed E-state index contributed by atoms with van der Waals surface area (Å²) < 4.78 is 11.8. The first-order valence-corrected chi connectivity index (χ1v) is 12.5. The first-order valence-electron chi connectivity index (χ1n) is 9.19. The van der Waals surface area contributed by atoms with Crippen molar-refractivity contribution < 1.29 is 18.9 Å². The third kappa shape index (κ3) is 5.68. The van der Waals surface area contributed by atoms with Gasteiger partial charge in [-0.15, -0.1) is 0 Å². The van der Waals surface area contributed by atoms with Crippen molar-refractivity contribution in [2.75, 3.05) is 6.54 Å². The van der Waals surface area contributed by atoms with Gasteiger partial charge < -0.3 is 13.9 Å². The van der Waals surface area contributed by atoms with Crippen LogP contribution in [0.15, 0.2) is 39.5 Å². The molecule has 1 aromatic carbocycles. The maximum Gasteiger partial charge on any atom is 0.227 e. The topological polar surface area (TPSA) is 103 Å². The van der Waals surface area contributed by atoms with Crippen molar-refractivity contribution in [2.24, 2.45) is 0 Å². The van der Waals surface area contributed by atoms with Crippen LogP contribution < -0.4 is 5.43 Å². The second kappa shape index (κ2) is 8.69. The van der Waals surface area contributed by atoms with Crippen LogP contribution in [-0.2, 0) is 11.0 Å². The van der Waals surface area contributed by atoms with Crippen molar-refractivity contribution in [2.45, 2.75) is 51.4 Å². The number of aromatic hydroxyl groups is 1. The van der Waals surface area contributed by atoms with E-state index in [0.717, 1.165) is 6.07 Å². The Labute approximate surface area is 175 Å². The summed E-state index contributed by atoms with van der Waals surface area (Å²) in [6.07, 6.45) is 0. The molecule has 0 fully saturated rings. The molecule has 29 heavy (non-hydrogen) atoms. The van der Waals surface area contributed by atoms with Gasteiger partial charge in [0.1, 0.15) is 11.7 Å². The molecule has 0 amide bonds. The minimum absolute atomic E-state index is 0.0397. The summed E-state index contributed by atoms with van der Waals surface area (Å²) in [5, 5.41) is 21.9. The summed E-state index contributed by atoms with van der Waals surface area (Å²) in [7, 11) is -2.11. The molecule has 2 rings (SSSR count). The molecule has 0 aliphatic rings. The maximum atomic E-state index is 12.3. The van der Waals surface area contributed by atoms with Gasteiger partial charge in [-0.25, -0.2) is 0 Å². The molecule has 9 heteroatoms. The molecule has 0 radical (unpaired) electrons. The van der Waals surface area contributed by atoms with Crippen molar-refractivity contribution in [3.05, 3.63) is 72.8 Å². The van der Waals surface area contributed by atoms with Crippen molar-refractivity contribution in [1.82, 2.24) is 0 Å². The highest BCUT2D eigenvalue weighted by atomic mass is 35.5. The zero-order valence-electron chi connectivity index (χ0n) is 17.2. The third-order valence-corrected chi connectivity index (χ3v) is 9.99. The van der Waals surface area contributed by atoms with E-state index in [1.54, 1.807) is 24.3 Å². The fourth-order valence-corrected chi connectivity index (χ4v) is 3.68. The average Bonchev–Trinajstić information content (AvgIpc) is 2.59. The molecule has 1 unspecified atom stereocenters. The average molecular weight is 440 g/mol. The zero-order chi connectivity index (χ0) is 22.0. The van der Waals surface area contributed by atoms with E-state index in [2.05, 4.69) is 33.9 Å². The third-order valence-electron chi connectivity index (χ3n) is 5.28. The van der Waals surface area contributed by atoms with Gasteiger partial charge in [0.05, 0.1) is 6.61 Å². The normalized spacial score (nSPS) is 13.3. The molecule has 0 saturated heterocycles. The number of nitrogens with zero attached hydrogens (tertiary/aromatic N) is 1. The molecule has 0 aliphatic carbocycles. The fourth-order valence-electron chi connectivity index (χ4n) is 2.54. The minimum atomic E-state index is -2.11. The lowest BCUT2D eigenvalue weighted by atomic mass is 9.95. The van der Waals surface area contributed by atoms with Gasteiger partial charge in [-0.2, -0.15) is 0 Å². The summed E-state index contributed by atoms with van der Waals surface area (Å²) in [5.41, 5.74) is -0.203. The molecular formula is C20H26ClNO6Si. The summed E-state index contributed by atoms with van der Waals surface area (Å²) in [6, 6.07) is 7.62. The van der Waals surface area contributed by atoms with Gasteiger partial charge >= 0.3 is 0 Å². The number of hydrogen-bond donors (Lipinski definition) is 1. The summed E-state index contributed by atoms with van der Waals surface area (Å²) in [4.78, 5) is 23.0. The van der Waals surface area contributed by atoms with Crippen LogP contribution in [0.3, 0.4) is 0 Å². The van der Waals surface area contributed by atoms with Crippen LogP contribution in [0.5, 0.6) is 5.75 Å². The Morgan fingerprint density at radius 3 is 2.52 bits per heavy atom. The van der Waals surface area contributed by atoms with Gasteiger partial charge in [0.2, 0.25) is 17.7 Å². The van der Waals surface area contributed by atoms with E-state index in [9.17, 15) is 20.0 Å². The summed E-state index contributed by atoms with van der Waals surface area (Å²) in [6.45, 7) is 9.86. The lowest BCUT2D eigenvalue weighted by Crippen LogP contribution is -2.40. The Hall–Kier alpha value is -2.16. The molecule has 0 aliphatic heterocycles. The van der Waals surface area contributed by atoms with E-state index in [1.165, 1.54) is 0 Å². The van der Waals surface area contributed by atoms with Gasteiger partial charge in [-0.05, 0) is 35.8 Å². The van der Waals surface area contributed by atoms with E-state index in [-0.39, 0.29) is 23.2 Å². The monoisotopic (exact) mass is 439 g/mol. The molecule has 2 aromatic rings. The Bertz CT molecular complexity index is 951. The molecule has 1 heterocycles. The number of nitro groups is 1. The highest BCUT2D eigenvalue weighted by Gasteiger charge is 2.37. The molecule has 0 spiro atoms. The number of rotatable bonds is 7. The van der Waals surface area contributed by atoms with E-state index in [0.29, 0.717) is 10.6 Å². The second-order valence-electron chi connectivity index (χ2n) is 8.46. The van der Waals surface area contributed by atoms with Crippen LogP contribution >= 0.6 is 11.6 Å². The van der Waals surface area contributed by atoms with Crippen LogP contribution in [0.25, 0.3) is 0 Å². The highest BCUT2D eigenvalue weighted by molar-refractivity contribution is 6.74. The van der Waals surface area contributed by atoms with Crippen LogP contribution in [-0.4, -0.2) is 24.9 Å². The Balaban J connectivity index is 2.47. The second-order valence-corrected chi connectivity index (χ2v) is 13.7. The van der Waals surface area contributed by atoms with Gasteiger partial charge in [0.25, 0.3) is 0 Å². The minimum Gasteiger partial charge on any atom is -0.502 e. The zero-order valence-corrected chi connectivity index (χ0v) is 18.9. The Morgan fingerprint density at radius 1 is 1.31 bits per heavy atom. The van der Waals surface area contributed by atoms with Crippen molar-refractivity contribution in [3.8, 4) is 5.75 Å². The first kappa shape index (κ1) is 23.1. The van der Waals surface area contributed by atoms with Crippen molar-refractivity contribution >= 4 is 19.9 Å². The lowest BCUT2D eigenvalue weighted by Gasteiger charge is -2.35. The van der Waals surface area contributed by atoms with Gasteiger partial charge in [-0.3, -0.25) is 14.9 Å². The molecule has 0 bridgehead atoms. The van der Waals surface area contributed by atoms with Gasteiger partial charge in [0, 0.05) is 16.0 Å². The Morgan fingerprint density at radius 2 is 1.97 bits per heavy atom. The molecular weight excluding hydrogens is 414 g/mol. The van der Waals surface area contributed by atoms with E-state index in [4.69, 9.17) is 20.4 Å². The molecule has 1 aromatic heterocycles. The van der Waals surface area contributed by atoms with E-state index in [1.807, 2.05) is 0 Å². The first-order chi connectivity index (χ1) is 13.3. The summed E-state index contributed by atoms with van der Waals surface area (Å²) >= 11 is 6.02. The number of halogens is 1. The standard InChI is InChI=1S/C20H26ClNO6Si/c1-20(2,3)29(4,5)27-12-15-10-17(23)18(24)19(28-15)16(11-22(25)26)13-7-6-8-14(21)9-13/h6-10,16,24H,11-12H2,1-5H3. The molecule has 0 saturated carbocycles. The van der Waals surface area contributed by atoms with E-state index < -0.39 is 36.9 Å². The number of benzene rings is 1. The predicted molar refractivity (Wildman–Crippen MR) is 114 cm³/mol. The predicted octanol–water partition coefficient (Wildman–Crippen LogP) is 4.93. The highest BCUT2D eigenvalue weighted by Crippen LogP contribution is 2.37. The van der Waals surface area contributed by atoms with Crippen LogP contribution in [0, 0.1) is 10.1 Å². The fraction of sp³-hybridized carbons (Fsp3) is 0.450. The van der Waals surface area contributed by atoms with Crippen LogP contribution in [0.1, 0.15) is 43.8 Å². The molecule has 1 N–H and O–H groups in total. The Kier molecular flexibility index (Phi) is 6.92. The summed E-state index contributed by atoms with van der Waals surface area (Å²) in [5.74, 6) is -1.56. The number of hydrogen-bond acceptors (Lipinski definition) is 6. The van der Waals surface area contributed by atoms with Gasteiger partial charge in [0.15, 0.2) is 14.1 Å². The lowest BCUT2D eigenvalue weighted by molar-refractivity contribution is -0.482. The molecule has 7 nitrogen and oxygen atoms in total. The van der Waals surface area contributed by atoms with Crippen LogP contribution in [0.4, 0.5) is 0 Å². The SMILES string of the molecule is CC(C)(C)[Si](C)(C)OCc1cc(=O)c(O)c(C(C[N+](=O)[O-])c2cccc(Cl)c2)o1. The molecule has 158 valence electrons. The maximum absolute atomic E-state index is 12.3. The smallest absolute Gasteiger partial charge is 0.227 e. The van der Waals surface area contributed by atoms with Crippen molar-refractivity contribution in [3.63, 3.8) is 0 Å². The van der Waals surface area contributed by atoms with Gasteiger partial charge in [-0.1, -0.05) is 44.5 Å². The quantitative estimate of drug-likeness (QED) is 0.372. The molecule has 1 atom stereocenters.